The van der Waals surface area contributed by atoms with Crippen molar-refractivity contribution in [2.45, 2.75) is 33.1 Å². The number of fused-ring (bicyclic) bond motifs is 1. The number of aryl methyl sites for hydroxylation is 2. The van der Waals surface area contributed by atoms with Crippen LogP contribution in [0.2, 0.25) is 0 Å². The van der Waals surface area contributed by atoms with Gasteiger partial charge in [0.2, 0.25) is 17.7 Å². The van der Waals surface area contributed by atoms with Crippen LogP contribution in [0.1, 0.15) is 30.4 Å². The molecule has 2 heterocycles. The third-order valence-electron chi connectivity index (χ3n) is 6.94. The van der Waals surface area contributed by atoms with E-state index in [2.05, 4.69) is 0 Å². The Morgan fingerprint density at radius 2 is 1.56 bits per heavy atom. The number of hydrogen-bond donors (Lipinski definition) is 0. The fourth-order valence-electron chi connectivity index (χ4n) is 5.02. The molecule has 2 aliphatic heterocycles. The van der Waals surface area contributed by atoms with Gasteiger partial charge in [-0.05, 0) is 62.6 Å². The molecule has 0 radical (unpaired) electrons. The van der Waals surface area contributed by atoms with E-state index in [0.717, 1.165) is 11.3 Å². The molecule has 3 aliphatic rings. The van der Waals surface area contributed by atoms with Gasteiger partial charge in [-0.15, -0.1) is 0 Å². The highest BCUT2D eigenvalue weighted by atomic mass is 16.5. The van der Waals surface area contributed by atoms with E-state index in [9.17, 15) is 19.2 Å². The molecule has 3 amide bonds. The molecule has 2 aromatic carbocycles. The number of hydrogen-bond acceptors (Lipinski definition) is 5. The topological polar surface area (TPSA) is 84.0 Å². The molecule has 5 rings (SSSR count). The van der Waals surface area contributed by atoms with Crippen molar-refractivity contribution < 1.29 is 23.9 Å². The molecule has 0 spiro atoms. The van der Waals surface area contributed by atoms with Crippen LogP contribution >= 0.6 is 0 Å². The summed E-state index contributed by atoms with van der Waals surface area (Å²) in [5, 5.41) is 0. The zero-order valence-corrected chi connectivity index (χ0v) is 19.2. The summed E-state index contributed by atoms with van der Waals surface area (Å²) < 4.78 is 5.58. The molecule has 2 aromatic rings. The smallest absolute Gasteiger partial charge is 0.316 e. The largest absolute Gasteiger partial charge is 0.426 e. The van der Waals surface area contributed by atoms with Gasteiger partial charge in [0.1, 0.15) is 5.75 Å². The average molecular weight is 459 g/mol. The van der Waals surface area contributed by atoms with Crippen molar-refractivity contribution >= 4 is 35.1 Å². The number of nitrogens with zero attached hydrogens (tertiary/aromatic N) is 2. The molecule has 2 fully saturated rings. The van der Waals surface area contributed by atoms with Gasteiger partial charge >= 0.3 is 5.97 Å². The zero-order chi connectivity index (χ0) is 24.0. The quantitative estimate of drug-likeness (QED) is 0.302. The highest BCUT2D eigenvalue weighted by Crippen LogP contribution is 2.39. The minimum Gasteiger partial charge on any atom is -0.426 e. The van der Waals surface area contributed by atoms with Gasteiger partial charge < -0.3 is 9.64 Å². The minimum atomic E-state index is -0.564. The number of rotatable bonds is 4. The maximum absolute atomic E-state index is 12.9. The fourth-order valence-corrected chi connectivity index (χ4v) is 5.02. The van der Waals surface area contributed by atoms with Crippen molar-refractivity contribution in [1.82, 2.24) is 0 Å². The summed E-state index contributed by atoms with van der Waals surface area (Å²) in [4.78, 5) is 53.9. The van der Waals surface area contributed by atoms with Crippen LogP contribution in [-0.2, 0) is 19.2 Å². The van der Waals surface area contributed by atoms with Crippen molar-refractivity contribution in [2.75, 3.05) is 16.3 Å². The van der Waals surface area contributed by atoms with Crippen LogP contribution < -0.4 is 14.5 Å². The lowest BCUT2D eigenvalue weighted by Crippen LogP contribution is -2.31. The first-order valence-corrected chi connectivity index (χ1v) is 11.6. The van der Waals surface area contributed by atoms with E-state index in [-0.39, 0.29) is 42.5 Å². The second-order valence-electron chi connectivity index (χ2n) is 9.28. The van der Waals surface area contributed by atoms with Crippen molar-refractivity contribution in [3.05, 3.63) is 65.7 Å². The van der Waals surface area contributed by atoms with E-state index in [4.69, 9.17) is 4.74 Å². The van der Waals surface area contributed by atoms with Crippen molar-refractivity contribution in [2.24, 2.45) is 17.8 Å². The number of ether oxygens (including phenoxy) is 1. The summed E-state index contributed by atoms with van der Waals surface area (Å²) in [5.41, 5.74) is 3.05. The van der Waals surface area contributed by atoms with Gasteiger partial charge in [0.25, 0.3) is 0 Å². The Balaban J connectivity index is 1.28. The van der Waals surface area contributed by atoms with Gasteiger partial charge in [0.15, 0.2) is 0 Å². The van der Waals surface area contributed by atoms with Crippen molar-refractivity contribution in [1.29, 1.82) is 0 Å². The van der Waals surface area contributed by atoms with Crippen LogP contribution in [0.25, 0.3) is 0 Å². The fraction of sp³-hybridized carbons (Fsp3) is 0.333. The summed E-state index contributed by atoms with van der Waals surface area (Å²) in [5.74, 6) is -1.77. The number of carbonyl (C=O) groups is 4. The summed E-state index contributed by atoms with van der Waals surface area (Å²) in [6.07, 6.45) is 5.18. The van der Waals surface area contributed by atoms with E-state index in [0.29, 0.717) is 29.8 Å². The lowest BCUT2D eigenvalue weighted by molar-refractivity contribution is -0.139. The monoisotopic (exact) mass is 458 g/mol. The summed E-state index contributed by atoms with van der Waals surface area (Å²) >= 11 is 0. The first-order valence-electron chi connectivity index (χ1n) is 11.6. The van der Waals surface area contributed by atoms with Crippen LogP contribution in [-0.4, -0.2) is 30.2 Å². The Bertz CT molecular complexity index is 1190. The number of esters is 1. The molecular weight excluding hydrogens is 432 g/mol. The number of imide groups is 1. The second-order valence-corrected chi connectivity index (χ2v) is 9.28. The first-order chi connectivity index (χ1) is 16.3. The molecule has 3 atom stereocenters. The van der Waals surface area contributed by atoms with Crippen LogP contribution in [0.4, 0.5) is 11.4 Å². The molecule has 0 saturated carbocycles. The summed E-state index contributed by atoms with van der Waals surface area (Å²) in [6.45, 7) is 4.03. The Hall–Kier alpha value is -3.74. The molecule has 174 valence electrons. The maximum atomic E-state index is 12.9. The number of carbonyl (C=O) groups excluding carboxylic acids is 4. The lowest BCUT2D eigenvalue weighted by Gasteiger charge is -2.19. The number of benzene rings is 2. The van der Waals surface area contributed by atoms with Gasteiger partial charge in [-0.3, -0.25) is 19.2 Å². The van der Waals surface area contributed by atoms with Crippen LogP contribution in [0.5, 0.6) is 5.75 Å². The van der Waals surface area contributed by atoms with Gasteiger partial charge in [-0.25, -0.2) is 4.90 Å². The predicted molar refractivity (Wildman–Crippen MR) is 126 cm³/mol. The Kier molecular flexibility index (Phi) is 5.55. The number of amides is 3. The number of allylic oxidation sites excluding steroid dienone is 2. The number of anilines is 2. The SMILES string of the molecule is Cc1ccc(N2C[C@H](C(=O)Oc3ccc(N4C(=O)[C@H]5CC=CC[C@@H]5C4=O)c(C)c3)CC2=O)cc1. The van der Waals surface area contributed by atoms with E-state index >= 15 is 0 Å². The van der Waals surface area contributed by atoms with Gasteiger partial charge in [0.05, 0.1) is 23.4 Å². The van der Waals surface area contributed by atoms with Gasteiger partial charge in [0, 0.05) is 18.7 Å². The molecule has 7 heteroatoms. The Morgan fingerprint density at radius 1 is 0.912 bits per heavy atom. The lowest BCUT2D eigenvalue weighted by atomic mass is 9.85. The van der Waals surface area contributed by atoms with Crippen molar-refractivity contribution in [3.63, 3.8) is 0 Å². The van der Waals surface area contributed by atoms with E-state index < -0.39 is 11.9 Å². The normalized spacial score (nSPS) is 24.1. The molecule has 34 heavy (non-hydrogen) atoms. The minimum absolute atomic E-state index is 0.0946. The molecule has 2 saturated heterocycles. The predicted octanol–water partition coefficient (Wildman–Crippen LogP) is 3.72. The molecule has 0 aromatic heterocycles. The van der Waals surface area contributed by atoms with E-state index in [1.54, 1.807) is 30.0 Å². The Labute approximate surface area is 198 Å². The van der Waals surface area contributed by atoms with Gasteiger partial charge in [-0.1, -0.05) is 29.8 Å². The van der Waals surface area contributed by atoms with E-state index in [1.165, 1.54) is 4.90 Å². The highest BCUT2D eigenvalue weighted by Gasteiger charge is 2.48. The molecule has 0 unspecified atom stereocenters. The molecule has 1 aliphatic carbocycles. The first kappa shape index (κ1) is 22.1. The van der Waals surface area contributed by atoms with E-state index in [1.807, 2.05) is 43.3 Å². The third kappa shape index (κ3) is 3.81. The molecule has 7 nitrogen and oxygen atoms in total. The molecular formula is C27H26N2O5. The highest BCUT2D eigenvalue weighted by molar-refractivity contribution is 6.22. The maximum Gasteiger partial charge on any atom is 0.316 e. The van der Waals surface area contributed by atoms with Gasteiger partial charge in [-0.2, -0.15) is 0 Å². The van der Waals surface area contributed by atoms with Crippen LogP contribution in [0, 0.1) is 31.6 Å². The van der Waals surface area contributed by atoms with Crippen molar-refractivity contribution in [3.8, 4) is 5.75 Å². The second kappa shape index (κ2) is 8.56. The van der Waals surface area contributed by atoms with Crippen LogP contribution in [0.15, 0.2) is 54.6 Å². The zero-order valence-electron chi connectivity index (χ0n) is 19.2. The Morgan fingerprint density at radius 3 is 2.18 bits per heavy atom. The summed E-state index contributed by atoms with van der Waals surface area (Å²) in [6, 6.07) is 12.5. The average Bonchev–Trinajstić information content (AvgIpc) is 3.33. The standard InChI is InChI=1S/C27H26N2O5/c1-16-7-9-19(10-8-16)28-15-18(14-24(28)30)27(33)34-20-11-12-23(17(2)13-20)29-25(31)21-5-3-4-6-22(21)26(29)32/h3-4,7-13,18,21-22H,5-6,14-15H2,1-2H3/t18-,21+,22+/m1/s1. The third-order valence-corrected chi connectivity index (χ3v) is 6.94. The molecule has 0 bridgehead atoms. The van der Waals surface area contributed by atoms with Crippen LogP contribution in [0.3, 0.4) is 0 Å². The summed E-state index contributed by atoms with van der Waals surface area (Å²) in [7, 11) is 0. The molecule has 0 N–H and O–H groups in total.